The Bertz CT molecular complexity index is 1730. The molecule has 0 saturated heterocycles. The number of nitro benzene ring substituents is 1. The number of hydrogen-bond donors (Lipinski definition) is 0. The van der Waals surface area contributed by atoms with Gasteiger partial charge in [-0.2, -0.15) is 0 Å². The van der Waals surface area contributed by atoms with Crippen LogP contribution in [-0.4, -0.2) is 30.9 Å². The predicted molar refractivity (Wildman–Crippen MR) is 134 cm³/mol. The number of aromatic nitrogens is 4. The van der Waals surface area contributed by atoms with E-state index in [0.29, 0.717) is 44.5 Å². The molecule has 36 heavy (non-hydrogen) atoms. The summed E-state index contributed by atoms with van der Waals surface area (Å²) in [5.41, 5.74) is 3.43. The van der Waals surface area contributed by atoms with E-state index in [4.69, 9.17) is 9.47 Å². The van der Waals surface area contributed by atoms with E-state index in [0.717, 1.165) is 11.3 Å². The van der Waals surface area contributed by atoms with Crippen molar-refractivity contribution in [2.45, 2.75) is 24.4 Å². The zero-order valence-corrected chi connectivity index (χ0v) is 19.9. The number of para-hydroxylation sites is 2. The molecule has 0 atom stereocenters. The van der Waals surface area contributed by atoms with Crippen LogP contribution in [0.15, 0.2) is 70.6 Å². The highest BCUT2D eigenvalue weighted by Gasteiger charge is 2.23. The maximum absolute atomic E-state index is 13.5. The summed E-state index contributed by atoms with van der Waals surface area (Å²) in [5, 5.41) is 21.4. The number of non-ortho nitro benzene ring substituents is 1. The Kier molecular flexibility index (Phi) is 5.42. The van der Waals surface area contributed by atoms with E-state index in [2.05, 4.69) is 10.2 Å². The largest absolute Gasteiger partial charge is 0.467 e. The number of hydrogen-bond acceptors (Lipinski definition) is 8. The molecule has 11 heteroatoms. The molecule has 1 aliphatic rings. The van der Waals surface area contributed by atoms with E-state index in [1.165, 1.54) is 23.9 Å². The summed E-state index contributed by atoms with van der Waals surface area (Å²) in [5.74, 6) is 1.33. The Balaban J connectivity index is 1.50. The fourth-order valence-electron chi connectivity index (χ4n) is 4.44. The van der Waals surface area contributed by atoms with E-state index in [-0.39, 0.29) is 24.6 Å². The van der Waals surface area contributed by atoms with Crippen molar-refractivity contribution >= 4 is 34.1 Å². The quantitative estimate of drug-likeness (QED) is 0.198. The second-order valence-electron chi connectivity index (χ2n) is 8.31. The van der Waals surface area contributed by atoms with Crippen LogP contribution in [0.5, 0.6) is 5.75 Å². The minimum Gasteiger partial charge on any atom is -0.467 e. The van der Waals surface area contributed by atoms with Crippen LogP contribution in [0.4, 0.5) is 5.69 Å². The van der Waals surface area contributed by atoms with E-state index in [1.807, 2.05) is 53.8 Å². The Morgan fingerprint density at radius 2 is 1.92 bits per heavy atom. The zero-order valence-electron chi connectivity index (χ0n) is 19.1. The topological polar surface area (TPSA) is 114 Å². The van der Waals surface area contributed by atoms with Crippen molar-refractivity contribution in [1.82, 2.24) is 19.2 Å². The molecule has 0 aliphatic carbocycles. The molecule has 0 spiro atoms. The van der Waals surface area contributed by atoms with Crippen molar-refractivity contribution in [3.05, 3.63) is 97.8 Å². The predicted octanol–water partition coefficient (Wildman–Crippen LogP) is 4.41. The van der Waals surface area contributed by atoms with E-state index in [9.17, 15) is 14.9 Å². The van der Waals surface area contributed by atoms with Crippen molar-refractivity contribution in [2.75, 3.05) is 6.79 Å². The molecule has 6 rings (SSSR count). The molecule has 3 heterocycles. The van der Waals surface area contributed by atoms with Crippen LogP contribution in [-0.2, 0) is 17.1 Å². The summed E-state index contributed by atoms with van der Waals surface area (Å²) in [4.78, 5) is 24.6. The SMILES string of the molecule is Cc1ccccc1-n1c(=O)c2ccccc2n2c(SCc3cc([N+](=O)[O-])cc4c3OCOC4)nnc12. The van der Waals surface area contributed by atoms with Crippen molar-refractivity contribution in [1.29, 1.82) is 0 Å². The first-order valence-corrected chi connectivity index (χ1v) is 12.1. The summed E-state index contributed by atoms with van der Waals surface area (Å²) >= 11 is 1.36. The highest BCUT2D eigenvalue weighted by Crippen LogP contribution is 2.36. The van der Waals surface area contributed by atoms with E-state index < -0.39 is 4.92 Å². The van der Waals surface area contributed by atoms with Gasteiger partial charge in [0, 0.05) is 29.0 Å². The first-order chi connectivity index (χ1) is 17.5. The number of nitro groups is 1. The third kappa shape index (κ3) is 3.60. The number of benzene rings is 3. The standard InChI is InChI=1S/C25H19N5O5S/c1-15-6-2-4-8-20(15)28-23(31)19-7-3-5-9-21(19)29-24(28)26-27-25(29)36-13-17-11-18(30(32)33)10-16-12-34-14-35-22(16)17/h2-11H,12-14H2,1H3. The zero-order chi connectivity index (χ0) is 24.8. The Hall–Kier alpha value is -4.22. The lowest BCUT2D eigenvalue weighted by molar-refractivity contribution is -0.385. The third-order valence-corrected chi connectivity index (χ3v) is 7.07. The molecule has 0 bridgehead atoms. The molecule has 3 aromatic carbocycles. The van der Waals surface area contributed by atoms with Gasteiger partial charge < -0.3 is 9.47 Å². The van der Waals surface area contributed by atoms with Crippen molar-refractivity contribution < 1.29 is 14.4 Å². The Labute approximate surface area is 208 Å². The molecular formula is C25H19N5O5S. The molecule has 1 aliphatic heterocycles. The average molecular weight is 502 g/mol. The third-order valence-electron chi connectivity index (χ3n) is 6.09. The second-order valence-corrected chi connectivity index (χ2v) is 9.25. The fourth-order valence-corrected chi connectivity index (χ4v) is 5.35. The molecule has 0 saturated carbocycles. The lowest BCUT2D eigenvalue weighted by atomic mass is 10.1. The molecule has 10 nitrogen and oxygen atoms in total. The lowest BCUT2D eigenvalue weighted by Gasteiger charge is -2.20. The van der Waals surface area contributed by atoms with E-state index >= 15 is 0 Å². The summed E-state index contributed by atoms with van der Waals surface area (Å²) in [6.45, 7) is 2.27. The van der Waals surface area contributed by atoms with Gasteiger partial charge in [0.2, 0.25) is 5.78 Å². The Morgan fingerprint density at radius 3 is 2.75 bits per heavy atom. The van der Waals surface area contributed by atoms with Gasteiger partial charge in [0.05, 0.1) is 28.1 Å². The lowest BCUT2D eigenvalue weighted by Crippen LogP contribution is -2.22. The van der Waals surface area contributed by atoms with Gasteiger partial charge in [-0.05, 0) is 30.7 Å². The summed E-state index contributed by atoms with van der Waals surface area (Å²) in [7, 11) is 0. The van der Waals surface area contributed by atoms with Crippen LogP contribution in [0.2, 0.25) is 0 Å². The van der Waals surface area contributed by atoms with Crippen LogP contribution in [0.25, 0.3) is 22.4 Å². The number of rotatable bonds is 5. The molecule has 0 unspecified atom stereocenters. The molecule has 0 amide bonds. The number of nitrogens with zero attached hydrogens (tertiary/aromatic N) is 5. The highest BCUT2D eigenvalue weighted by atomic mass is 32.2. The highest BCUT2D eigenvalue weighted by molar-refractivity contribution is 7.98. The minimum atomic E-state index is -0.427. The second kappa shape index (κ2) is 8.77. The van der Waals surface area contributed by atoms with Gasteiger partial charge in [-0.25, -0.2) is 4.57 Å². The number of fused-ring (bicyclic) bond motifs is 4. The van der Waals surface area contributed by atoms with Crippen LogP contribution in [0.3, 0.4) is 0 Å². The van der Waals surface area contributed by atoms with Crippen LogP contribution >= 0.6 is 11.8 Å². The van der Waals surface area contributed by atoms with Crippen molar-refractivity contribution in [3.63, 3.8) is 0 Å². The normalized spacial score (nSPS) is 13.0. The van der Waals surface area contributed by atoms with Crippen molar-refractivity contribution in [3.8, 4) is 11.4 Å². The van der Waals surface area contributed by atoms with Gasteiger partial charge in [-0.1, -0.05) is 42.1 Å². The van der Waals surface area contributed by atoms with Gasteiger partial charge >= 0.3 is 0 Å². The first-order valence-electron chi connectivity index (χ1n) is 11.1. The van der Waals surface area contributed by atoms with Crippen molar-refractivity contribution in [2.24, 2.45) is 0 Å². The summed E-state index contributed by atoms with van der Waals surface area (Å²) in [6, 6.07) is 17.9. The number of thioether (sulfide) groups is 1. The maximum atomic E-state index is 13.5. The Morgan fingerprint density at radius 1 is 1.11 bits per heavy atom. The first kappa shape index (κ1) is 22.3. The molecule has 2 aromatic heterocycles. The molecule has 180 valence electrons. The summed E-state index contributed by atoms with van der Waals surface area (Å²) < 4.78 is 14.4. The van der Waals surface area contributed by atoms with Crippen LogP contribution < -0.4 is 10.3 Å². The molecule has 5 aromatic rings. The summed E-state index contributed by atoms with van der Waals surface area (Å²) in [6.07, 6.45) is 0. The molecule has 0 fully saturated rings. The minimum absolute atomic E-state index is 0.0246. The molecular weight excluding hydrogens is 482 g/mol. The molecule has 0 N–H and O–H groups in total. The van der Waals surface area contributed by atoms with Crippen LogP contribution in [0, 0.1) is 17.0 Å². The van der Waals surface area contributed by atoms with Crippen LogP contribution in [0.1, 0.15) is 16.7 Å². The van der Waals surface area contributed by atoms with E-state index in [1.54, 1.807) is 10.6 Å². The van der Waals surface area contributed by atoms with Gasteiger partial charge in [-0.3, -0.25) is 19.3 Å². The maximum Gasteiger partial charge on any atom is 0.270 e. The fraction of sp³-hybridized carbons (Fsp3) is 0.160. The average Bonchev–Trinajstić information content (AvgIpc) is 3.32. The smallest absolute Gasteiger partial charge is 0.270 e. The van der Waals surface area contributed by atoms with Gasteiger partial charge in [0.15, 0.2) is 11.9 Å². The number of ether oxygens (including phenoxy) is 2. The van der Waals surface area contributed by atoms with Gasteiger partial charge in [-0.15, -0.1) is 10.2 Å². The monoisotopic (exact) mass is 501 g/mol. The van der Waals surface area contributed by atoms with Gasteiger partial charge in [0.25, 0.3) is 11.2 Å². The van der Waals surface area contributed by atoms with Gasteiger partial charge in [0.1, 0.15) is 5.75 Å². The molecule has 0 radical (unpaired) electrons. The number of aryl methyl sites for hydroxylation is 1.